The van der Waals surface area contributed by atoms with Crippen LogP contribution < -0.4 is 11.1 Å². The van der Waals surface area contributed by atoms with Crippen LogP contribution in [0.1, 0.15) is 0 Å². The van der Waals surface area contributed by atoms with Crippen LogP contribution in [0.4, 0.5) is 11.4 Å². The fraction of sp³-hybridized carbons (Fsp3) is 0.250. The van der Waals surface area contributed by atoms with Crippen molar-refractivity contribution in [3.8, 4) is 11.5 Å². The summed E-state index contributed by atoms with van der Waals surface area (Å²) in [6.45, 7) is 7.40. The lowest BCUT2D eigenvalue weighted by molar-refractivity contribution is 1.40. The van der Waals surface area contributed by atoms with Gasteiger partial charge < -0.3 is 11.1 Å². The number of benzene rings is 2. The smallest absolute Gasteiger partial charge is 0.129 e. The first-order valence-electron chi connectivity index (χ1n) is 6.48. The number of nitrogens with two attached hydrogens (primary N) is 1. The quantitative estimate of drug-likeness (QED) is 0.495. The summed E-state index contributed by atoms with van der Waals surface area (Å²) in [4.78, 5) is 0. The Balaban J connectivity index is 2.24. The Bertz CT molecular complexity index is 640. The standard InChI is InChI=1S/C16H20N2Si/c1-19(2,3)12-6-11-18-15-10-5-8-13-7-4-9-14(17)16(13)15/h4-5,7-10,18H,11,17H2,1-3H3. The summed E-state index contributed by atoms with van der Waals surface area (Å²) in [7, 11) is -1.29. The topological polar surface area (TPSA) is 38.0 Å². The highest BCUT2D eigenvalue weighted by atomic mass is 28.3. The average molecular weight is 268 g/mol. The zero-order valence-corrected chi connectivity index (χ0v) is 12.7. The predicted octanol–water partition coefficient (Wildman–Crippen LogP) is 3.71. The van der Waals surface area contributed by atoms with Crippen LogP contribution in [-0.2, 0) is 0 Å². The maximum Gasteiger partial charge on any atom is 0.129 e. The molecule has 3 heteroatoms. The summed E-state index contributed by atoms with van der Waals surface area (Å²) >= 11 is 0. The van der Waals surface area contributed by atoms with Crippen molar-refractivity contribution >= 4 is 30.2 Å². The van der Waals surface area contributed by atoms with Crippen LogP contribution in [0.5, 0.6) is 0 Å². The van der Waals surface area contributed by atoms with Crippen LogP contribution in [-0.4, -0.2) is 14.6 Å². The van der Waals surface area contributed by atoms with Gasteiger partial charge in [0.05, 0.1) is 6.54 Å². The minimum absolute atomic E-state index is 0.664. The van der Waals surface area contributed by atoms with Gasteiger partial charge in [-0.2, -0.15) is 0 Å². The van der Waals surface area contributed by atoms with Gasteiger partial charge in [0.1, 0.15) is 8.07 Å². The van der Waals surface area contributed by atoms with E-state index in [9.17, 15) is 0 Å². The van der Waals surface area contributed by atoms with Gasteiger partial charge in [-0.15, -0.1) is 5.54 Å². The van der Waals surface area contributed by atoms with Crippen LogP contribution in [0.2, 0.25) is 19.6 Å². The van der Waals surface area contributed by atoms with Gasteiger partial charge in [0.15, 0.2) is 0 Å². The minimum atomic E-state index is -1.29. The highest BCUT2D eigenvalue weighted by Gasteiger charge is 2.07. The van der Waals surface area contributed by atoms with Gasteiger partial charge in [-0.3, -0.25) is 0 Å². The van der Waals surface area contributed by atoms with E-state index in [1.807, 2.05) is 18.2 Å². The van der Waals surface area contributed by atoms with Crippen molar-refractivity contribution in [1.29, 1.82) is 0 Å². The molecule has 0 radical (unpaired) electrons. The fourth-order valence-electron chi connectivity index (χ4n) is 1.97. The Labute approximate surface area is 116 Å². The number of nitrogens with one attached hydrogen (secondary N) is 1. The van der Waals surface area contributed by atoms with E-state index in [2.05, 4.69) is 54.6 Å². The van der Waals surface area contributed by atoms with E-state index in [-0.39, 0.29) is 0 Å². The second kappa shape index (κ2) is 5.37. The molecule has 19 heavy (non-hydrogen) atoms. The molecule has 0 aliphatic rings. The van der Waals surface area contributed by atoms with Crippen molar-refractivity contribution in [2.75, 3.05) is 17.6 Å². The molecule has 3 N–H and O–H groups in total. The summed E-state index contributed by atoms with van der Waals surface area (Å²) < 4.78 is 0. The SMILES string of the molecule is C[Si](C)(C)C#CCNc1cccc2cccc(N)c12. The maximum absolute atomic E-state index is 6.06. The second-order valence-corrected chi connectivity index (χ2v) is 10.4. The van der Waals surface area contributed by atoms with Gasteiger partial charge in [0.2, 0.25) is 0 Å². The Morgan fingerprint density at radius 1 is 1.11 bits per heavy atom. The summed E-state index contributed by atoms with van der Waals surface area (Å²) in [5.74, 6) is 3.22. The number of anilines is 2. The van der Waals surface area contributed by atoms with Gasteiger partial charge in [-0.25, -0.2) is 0 Å². The molecule has 0 bridgehead atoms. The lowest BCUT2D eigenvalue weighted by atomic mass is 10.1. The number of rotatable bonds is 2. The molecule has 0 aromatic heterocycles. The van der Waals surface area contributed by atoms with Crippen molar-refractivity contribution in [1.82, 2.24) is 0 Å². The summed E-state index contributed by atoms with van der Waals surface area (Å²) in [6.07, 6.45) is 0. The van der Waals surface area contributed by atoms with Crippen molar-refractivity contribution < 1.29 is 0 Å². The van der Waals surface area contributed by atoms with Crippen LogP contribution in [0, 0.1) is 11.5 Å². The Hall–Kier alpha value is -1.92. The summed E-state index contributed by atoms with van der Waals surface area (Å²) in [5.41, 5.74) is 11.3. The van der Waals surface area contributed by atoms with E-state index in [1.165, 1.54) is 0 Å². The van der Waals surface area contributed by atoms with Crippen LogP contribution in [0.3, 0.4) is 0 Å². The van der Waals surface area contributed by atoms with Crippen LogP contribution in [0.15, 0.2) is 36.4 Å². The van der Waals surface area contributed by atoms with Crippen molar-refractivity contribution in [2.24, 2.45) is 0 Å². The first kappa shape index (κ1) is 13.5. The fourth-order valence-corrected chi connectivity index (χ4v) is 2.58. The number of hydrogen-bond donors (Lipinski definition) is 2. The van der Waals surface area contributed by atoms with Gasteiger partial charge in [-0.05, 0) is 17.5 Å². The minimum Gasteiger partial charge on any atom is -0.398 e. The van der Waals surface area contributed by atoms with E-state index in [0.717, 1.165) is 22.1 Å². The van der Waals surface area contributed by atoms with E-state index in [0.29, 0.717) is 6.54 Å². The molecule has 0 spiro atoms. The molecule has 0 heterocycles. The van der Waals surface area contributed by atoms with Gasteiger partial charge in [-0.1, -0.05) is 49.8 Å². The molecule has 0 aliphatic carbocycles. The Morgan fingerprint density at radius 3 is 2.47 bits per heavy atom. The van der Waals surface area contributed by atoms with E-state index < -0.39 is 8.07 Å². The van der Waals surface area contributed by atoms with Gasteiger partial charge in [0.25, 0.3) is 0 Å². The normalized spacial score (nSPS) is 10.9. The third-order valence-corrected chi connectivity index (χ3v) is 3.69. The molecule has 98 valence electrons. The first-order chi connectivity index (χ1) is 8.97. The third kappa shape index (κ3) is 3.52. The summed E-state index contributed by atoms with van der Waals surface area (Å²) in [6, 6.07) is 12.1. The Kier molecular flexibility index (Phi) is 3.82. The highest BCUT2D eigenvalue weighted by molar-refractivity contribution is 6.83. The largest absolute Gasteiger partial charge is 0.398 e. The molecule has 2 nitrogen and oxygen atoms in total. The van der Waals surface area contributed by atoms with Crippen LogP contribution >= 0.6 is 0 Å². The molecule has 2 aromatic carbocycles. The molecule has 2 aromatic rings. The Morgan fingerprint density at radius 2 is 1.79 bits per heavy atom. The lowest BCUT2D eigenvalue weighted by Gasteiger charge is -2.10. The first-order valence-corrected chi connectivity index (χ1v) is 9.98. The number of fused-ring (bicyclic) bond motifs is 1. The monoisotopic (exact) mass is 268 g/mol. The maximum atomic E-state index is 6.06. The predicted molar refractivity (Wildman–Crippen MR) is 88.0 cm³/mol. The molecule has 0 aliphatic heterocycles. The molecule has 0 saturated heterocycles. The molecular formula is C16H20N2Si. The third-order valence-electron chi connectivity index (χ3n) is 2.77. The lowest BCUT2D eigenvalue weighted by Crippen LogP contribution is -2.17. The van der Waals surface area contributed by atoms with Gasteiger partial charge in [0, 0.05) is 16.8 Å². The zero-order valence-electron chi connectivity index (χ0n) is 11.7. The second-order valence-electron chi connectivity index (χ2n) is 5.66. The summed E-state index contributed by atoms with van der Waals surface area (Å²) in [5, 5.41) is 5.61. The van der Waals surface area contributed by atoms with E-state index in [1.54, 1.807) is 0 Å². The van der Waals surface area contributed by atoms with Crippen molar-refractivity contribution in [3.05, 3.63) is 36.4 Å². The molecule has 0 amide bonds. The van der Waals surface area contributed by atoms with Crippen molar-refractivity contribution in [2.45, 2.75) is 19.6 Å². The molecule has 0 unspecified atom stereocenters. The molecule has 2 rings (SSSR count). The number of hydrogen-bond acceptors (Lipinski definition) is 2. The molecular weight excluding hydrogens is 248 g/mol. The zero-order chi connectivity index (χ0) is 13.9. The van der Waals surface area contributed by atoms with E-state index in [4.69, 9.17) is 5.73 Å². The number of nitrogen functional groups attached to an aromatic ring is 1. The molecule has 0 saturated carbocycles. The van der Waals surface area contributed by atoms with E-state index >= 15 is 0 Å². The van der Waals surface area contributed by atoms with Crippen molar-refractivity contribution in [3.63, 3.8) is 0 Å². The average Bonchev–Trinajstić information content (AvgIpc) is 2.34. The molecule has 0 atom stereocenters. The molecule has 0 fully saturated rings. The van der Waals surface area contributed by atoms with Gasteiger partial charge >= 0.3 is 0 Å². The highest BCUT2D eigenvalue weighted by Crippen LogP contribution is 2.28. The van der Waals surface area contributed by atoms with Crippen LogP contribution in [0.25, 0.3) is 10.8 Å².